The van der Waals surface area contributed by atoms with Gasteiger partial charge in [0.25, 0.3) is 0 Å². The molecule has 2 rings (SSSR count). The van der Waals surface area contributed by atoms with Crippen LogP contribution in [0.5, 0.6) is 5.75 Å². The molecule has 1 heterocycles. The highest BCUT2D eigenvalue weighted by Crippen LogP contribution is 2.45. The summed E-state index contributed by atoms with van der Waals surface area (Å²) < 4.78 is 5.38. The number of hydrogen-bond acceptors (Lipinski definition) is 2. The monoisotopic (exact) mass is 205 g/mol. The Kier molecular flexibility index (Phi) is 2.59. The van der Waals surface area contributed by atoms with Gasteiger partial charge in [-0.25, -0.2) is 0 Å². The first-order valence-corrected chi connectivity index (χ1v) is 5.68. The van der Waals surface area contributed by atoms with Gasteiger partial charge < -0.3 is 10.1 Å². The van der Waals surface area contributed by atoms with E-state index in [4.69, 9.17) is 4.74 Å². The van der Waals surface area contributed by atoms with Crippen LogP contribution in [0.4, 0.5) is 5.69 Å². The molecular weight excluding hydrogens is 186 g/mol. The molecule has 0 unspecified atom stereocenters. The number of ether oxygens (including phenoxy) is 1. The van der Waals surface area contributed by atoms with Crippen molar-refractivity contribution in [3.63, 3.8) is 0 Å². The molecular formula is C13H19NO. The molecule has 15 heavy (non-hydrogen) atoms. The van der Waals surface area contributed by atoms with E-state index in [0.717, 1.165) is 12.3 Å². The van der Waals surface area contributed by atoms with Gasteiger partial charge in [0.05, 0.1) is 12.8 Å². The lowest BCUT2D eigenvalue weighted by Gasteiger charge is -2.26. The van der Waals surface area contributed by atoms with E-state index < -0.39 is 0 Å². The van der Waals surface area contributed by atoms with Crippen LogP contribution in [0.25, 0.3) is 0 Å². The Morgan fingerprint density at radius 1 is 1.33 bits per heavy atom. The van der Waals surface area contributed by atoms with Gasteiger partial charge in [-0.3, -0.25) is 0 Å². The van der Waals surface area contributed by atoms with Gasteiger partial charge in [0, 0.05) is 12.0 Å². The molecule has 0 radical (unpaired) electrons. The molecule has 1 aliphatic rings. The summed E-state index contributed by atoms with van der Waals surface area (Å²) in [6.45, 7) is 5.56. The number of fused-ring (bicyclic) bond motifs is 1. The van der Waals surface area contributed by atoms with E-state index in [1.165, 1.54) is 24.1 Å². The third-order valence-electron chi connectivity index (χ3n) is 3.77. The van der Waals surface area contributed by atoms with Crippen molar-refractivity contribution in [1.29, 1.82) is 0 Å². The van der Waals surface area contributed by atoms with Crippen molar-refractivity contribution in [3.05, 3.63) is 23.8 Å². The Balaban J connectivity index is 2.51. The van der Waals surface area contributed by atoms with Crippen molar-refractivity contribution in [1.82, 2.24) is 0 Å². The Hall–Kier alpha value is -1.18. The van der Waals surface area contributed by atoms with Crippen molar-refractivity contribution in [2.24, 2.45) is 0 Å². The van der Waals surface area contributed by atoms with E-state index in [0.29, 0.717) is 5.41 Å². The third kappa shape index (κ3) is 1.39. The van der Waals surface area contributed by atoms with Crippen LogP contribution in [-0.4, -0.2) is 13.7 Å². The first-order valence-electron chi connectivity index (χ1n) is 5.68. The second-order valence-electron chi connectivity index (χ2n) is 4.22. The highest BCUT2D eigenvalue weighted by molar-refractivity contribution is 5.68. The largest absolute Gasteiger partial charge is 0.495 e. The molecule has 0 atom stereocenters. The number of rotatable bonds is 3. The van der Waals surface area contributed by atoms with Crippen molar-refractivity contribution in [2.75, 3.05) is 19.0 Å². The normalized spacial score (nSPS) is 17.0. The summed E-state index contributed by atoms with van der Waals surface area (Å²) in [6, 6.07) is 6.34. The molecule has 0 amide bonds. The molecule has 2 heteroatoms. The molecule has 0 bridgehead atoms. The highest BCUT2D eigenvalue weighted by Gasteiger charge is 2.36. The van der Waals surface area contributed by atoms with Crippen molar-refractivity contribution in [2.45, 2.75) is 32.1 Å². The molecule has 0 aromatic heterocycles. The minimum Gasteiger partial charge on any atom is -0.495 e. The lowest BCUT2D eigenvalue weighted by Crippen LogP contribution is -2.26. The van der Waals surface area contributed by atoms with Crippen LogP contribution >= 0.6 is 0 Å². The Bertz CT molecular complexity index is 356. The molecule has 0 aliphatic carbocycles. The van der Waals surface area contributed by atoms with Gasteiger partial charge in [-0.1, -0.05) is 26.0 Å². The zero-order chi connectivity index (χ0) is 10.9. The third-order valence-corrected chi connectivity index (χ3v) is 3.77. The Labute approximate surface area is 91.6 Å². The first-order chi connectivity index (χ1) is 7.27. The molecule has 1 N–H and O–H groups in total. The van der Waals surface area contributed by atoms with Crippen LogP contribution < -0.4 is 10.1 Å². The standard InChI is InChI=1S/C13H19NO/c1-4-13(5-2)9-14-12-10(13)7-6-8-11(12)15-3/h6-8,14H,4-5,9H2,1-3H3. The van der Waals surface area contributed by atoms with Crippen LogP contribution in [0.2, 0.25) is 0 Å². The quantitative estimate of drug-likeness (QED) is 0.818. The maximum atomic E-state index is 5.38. The number of benzene rings is 1. The molecule has 0 saturated carbocycles. The van der Waals surface area contributed by atoms with E-state index in [2.05, 4.69) is 31.3 Å². The second-order valence-corrected chi connectivity index (χ2v) is 4.22. The first kappa shape index (κ1) is 10.3. The van der Waals surface area contributed by atoms with E-state index >= 15 is 0 Å². The maximum Gasteiger partial charge on any atom is 0.142 e. The minimum absolute atomic E-state index is 0.309. The number of para-hydroxylation sites is 1. The predicted molar refractivity (Wildman–Crippen MR) is 63.7 cm³/mol. The van der Waals surface area contributed by atoms with Gasteiger partial charge >= 0.3 is 0 Å². The molecule has 0 spiro atoms. The van der Waals surface area contributed by atoms with Crippen LogP contribution in [0.1, 0.15) is 32.3 Å². The van der Waals surface area contributed by atoms with Gasteiger partial charge in [-0.05, 0) is 24.5 Å². The fraction of sp³-hybridized carbons (Fsp3) is 0.538. The number of hydrogen-bond donors (Lipinski definition) is 1. The van der Waals surface area contributed by atoms with Crippen LogP contribution in [0.15, 0.2) is 18.2 Å². The fourth-order valence-electron chi connectivity index (χ4n) is 2.56. The lowest BCUT2D eigenvalue weighted by molar-refractivity contribution is 0.415. The van der Waals surface area contributed by atoms with Gasteiger partial charge in [-0.15, -0.1) is 0 Å². The summed E-state index contributed by atoms with van der Waals surface area (Å²) in [5.41, 5.74) is 2.93. The zero-order valence-corrected chi connectivity index (χ0v) is 9.76. The summed E-state index contributed by atoms with van der Waals surface area (Å²) in [7, 11) is 1.73. The average Bonchev–Trinajstić information content (AvgIpc) is 2.68. The molecule has 1 aromatic rings. The number of methoxy groups -OCH3 is 1. The van der Waals surface area contributed by atoms with Gasteiger partial charge in [0.15, 0.2) is 0 Å². The van der Waals surface area contributed by atoms with Gasteiger partial charge in [0.1, 0.15) is 5.75 Å². The van der Waals surface area contributed by atoms with Crippen LogP contribution in [0, 0.1) is 0 Å². The highest BCUT2D eigenvalue weighted by atomic mass is 16.5. The van der Waals surface area contributed by atoms with Gasteiger partial charge in [-0.2, -0.15) is 0 Å². The maximum absolute atomic E-state index is 5.38. The number of anilines is 1. The summed E-state index contributed by atoms with van der Waals surface area (Å²) in [4.78, 5) is 0. The molecule has 0 fully saturated rings. The summed E-state index contributed by atoms with van der Waals surface area (Å²) >= 11 is 0. The average molecular weight is 205 g/mol. The molecule has 1 aliphatic heterocycles. The van der Waals surface area contributed by atoms with E-state index in [-0.39, 0.29) is 0 Å². The van der Waals surface area contributed by atoms with E-state index in [9.17, 15) is 0 Å². The smallest absolute Gasteiger partial charge is 0.142 e. The topological polar surface area (TPSA) is 21.3 Å². The Morgan fingerprint density at radius 2 is 2.07 bits per heavy atom. The summed E-state index contributed by atoms with van der Waals surface area (Å²) in [5, 5.41) is 3.49. The van der Waals surface area contributed by atoms with Crippen molar-refractivity contribution < 1.29 is 4.74 Å². The minimum atomic E-state index is 0.309. The summed E-state index contributed by atoms with van der Waals surface area (Å²) in [5.74, 6) is 0.969. The van der Waals surface area contributed by atoms with E-state index in [1.807, 2.05) is 6.07 Å². The SMILES string of the molecule is CCC1(CC)CNc2c(OC)cccc21. The fourth-order valence-corrected chi connectivity index (χ4v) is 2.56. The number of nitrogens with one attached hydrogen (secondary N) is 1. The predicted octanol–water partition coefficient (Wildman–Crippen LogP) is 3.18. The van der Waals surface area contributed by atoms with Crippen molar-refractivity contribution >= 4 is 5.69 Å². The second kappa shape index (κ2) is 3.76. The molecule has 2 nitrogen and oxygen atoms in total. The van der Waals surface area contributed by atoms with Crippen LogP contribution in [0.3, 0.4) is 0 Å². The Morgan fingerprint density at radius 3 is 2.67 bits per heavy atom. The lowest BCUT2D eigenvalue weighted by atomic mass is 9.77. The molecule has 0 saturated heterocycles. The summed E-state index contributed by atoms with van der Waals surface area (Å²) in [6.07, 6.45) is 2.35. The van der Waals surface area contributed by atoms with Gasteiger partial charge in [0.2, 0.25) is 0 Å². The zero-order valence-electron chi connectivity index (χ0n) is 9.76. The molecule has 82 valence electrons. The van der Waals surface area contributed by atoms with Crippen molar-refractivity contribution in [3.8, 4) is 5.75 Å². The van der Waals surface area contributed by atoms with Crippen LogP contribution in [-0.2, 0) is 5.41 Å². The van der Waals surface area contributed by atoms with E-state index in [1.54, 1.807) is 7.11 Å². The molecule has 1 aromatic carbocycles.